The fourth-order valence-corrected chi connectivity index (χ4v) is 2.33. The summed E-state index contributed by atoms with van der Waals surface area (Å²) in [5.41, 5.74) is 3.83. The van der Waals surface area contributed by atoms with Gasteiger partial charge in [-0.25, -0.2) is 23.8 Å². The van der Waals surface area contributed by atoms with Crippen LogP contribution in [0.5, 0.6) is 0 Å². The molecule has 2 rings (SSSR count). The van der Waals surface area contributed by atoms with Gasteiger partial charge in [0.1, 0.15) is 0 Å². The maximum absolute atomic E-state index is 11.9. The van der Waals surface area contributed by atoms with Crippen molar-refractivity contribution in [1.29, 1.82) is 0 Å². The molecule has 0 aliphatic heterocycles. The molecular weight excluding hydrogens is 336 g/mol. The molecule has 0 aliphatic carbocycles. The minimum absolute atomic E-state index is 0.00973. The van der Waals surface area contributed by atoms with Crippen molar-refractivity contribution in [1.82, 2.24) is 5.32 Å². The molecular formula is C14H15N4O3S2+. The van der Waals surface area contributed by atoms with E-state index in [1.165, 1.54) is 24.3 Å². The number of thiol groups is 1. The van der Waals surface area contributed by atoms with Gasteiger partial charge in [-0.3, -0.25) is 0 Å². The Kier molecular flexibility index (Phi) is 5.37. The highest BCUT2D eigenvalue weighted by Gasteiger charge is 2.12. The molecule has 7 nitrogen and oxygen atoms in total. The van der Waals surface area contributed by atoms with Gasteiger partial charge in [0, 0.05) is 0 Å². The van der Waals surface area contributed by atoms with E-state index < -0.39 is 10.0 Å². The number of benzene rings is 2. The van der Waals surface area contributed by atoms with Gasteiger partial charge in [-0.05, 0) is 36.4 Å². The summed E-state index contributed by atoms with van der Waals surface area (Å²) in [7, 11) is -3.72. The molecule has 2 aromatic carbocycles. The van der Waals surface area contributed by atoms with Gasteiger partial charge < -0.3 is 0 Å². The van der Waals surface area contributed by atoms with E-state index in [4.69, 9.17) is 5.14 Å². The van der Waals surface area contributed by atoms with Crippen molar-refractivity contribution in [3.8, 4) is 0 Å². The maximum atomic E-state index is 11.9. The third-order valence-corrected chi connectivity index (χ3v) is 3.93. The molecule has 1 amide bonds. The molecule has 0 fully saturated rings. The van der Waals surface area contributed by atoms with Crippen LogP contribution in [0.2, 0.25) is 0 Å². The van der Waals surface area contributed by atoms with E-state index in [1.54, 1.807) is 24.3 Å². The van der Waals surface area contributed by atoms with E-state index in [9.17, 15) is 13.2 Å². The number of hydrazine groups is 1. The number of amides is 1. The predicted octanol–water partition coefficient (Wildman–Crippen LogP) is -0.543. The first kappa shape index (κ1) is 17.0. The average Bonchev–Trinajstić information content (AvgIpc) is 2.53. The molecule has 0 unspecified atom stereocenters. The number of anilines is 1. The number of sulfonamides is 1. The second kappa shape index (κ2) is 7.27. The highest BCUT2D eigenvalue weighted by atomic mass is 32.2. The minimum atomic E-state index is -3.72. The monoisotopic (exact) mass is 351 g/mol. The second-order valence-corrected chi connectivity index (χ2v) is 6.50. The van der Waals surface area contributed by atoms with Crippen LogP contribution >= 0.6 is 12.6 Å². The molecule has 0 radical (unpaired) electrons. The number of hydrogen-bond acceptors (Lipinski definition) is 4. The molecule has 0 aliphatic rings. The van der Waals surface area contributed by atoms with Crippen molar-refractivity contribution in [2.45, 2.75) is 4.90 Å². The lowest BCUT2D eigenvalue weighted by Gasteiger charge is -2.02. The molecule has 0 saturated heterocycles. The number of hydrogen-bond donors (Lipinski definition) is 5. The van der Waals surface area contributed by atoms with Crippen LogP contribution in [0.4, 0.5) is 5.69 Å². The van der Waals surface area contributed by atoms with Gasteiger partial charge >= 0.3 is 11.1 Å². The van der Waals surface area contributed by atoms with Crippen LogP contribution in [0, 0.1) is 0 Å². The summed E-state index contributed by atoms with van der Waals surface area (Å²) in [6.07, 6.45) is 0. The smallest absolute Gasteiger partial charge is 0.241 e. The highest BCUT2D eigenvalue weighted by Crippen LogP contribution is 2.10. The minimum Gasteiger partial charge on any atom is -0.241 e. The maximum Gasteiger partial charge on any atom is 0.339 e. The lowest BCUT2D eigenvalue weighted by Crippen LogP contribution is -2.79. The van der Waals surface area contributed by atoms with Crippen molar-refractivity contribution >= 4 is 39.4 Å². The zero-order valence-corrected chi connectivity index (χ0v) is 13.6. The Hall–Kier alpha value is -2.36. The Morgan fingerprint density at radius 1 is 1.04 bits per heavy atom. The number of carbonyl (C=O) groups excluding carboxylic acids is 1. The Morgan fingerprint density at radius 3 is 2.22 bits per heavy atom. The van der Waals surface area contributed by atoms with Crippen LogP contribution in [0.15, 0.2) is 59.5 Å². The number of rotatable bonds is 4. The van der Waals surface area contributed by atoms with E-state index in [1.807, 2.05) is 6.07 Å². The molecule has 0 saturated carbocycles. The Morgan fingerprint density at radius 2 is 1.65 bits per heavy atom. The first-order valence-corrected chi connectivity index (χ1v) is 8.43. The van der Waals surface area contributed by atoms with Gasteiger partial charge in [0.2, 0.25) is 10.0 Å². The quantitative estimate of drug-likeness (QED) is 0.220. The van der Waals surface area contributed by atoms with Gasteiger partial charge in [-0.2, -0.15) is 10.4 Å². The number of nitrogens with two attached hydrogens (primary N) is 1. The topological polar surface area (TPSA) is 115 Å². The Bertz CT molecular complexity index is 819. The predicted molar refractivity (Wildman–Crippen MR) is 90.3 cm³/mol. The summed E-state index contributed by atoms with van der Waals surface area (Å²) in [4.78, 5) is 11.9. The fourth-order valence-electron chi connectivity index (χ4n) is 1.66. The standard InChI is InChI=1S/C14H14N4O3S2/c15-23(20,21)12-8-6-11(7-9-12)17-18-14(22)16-13(19)10-4-2-1-3-5-10/h1-9,17H,(H2,15,20,21)(H2,16,18,19,22)/p+1. The molecule has 0 spiro atoms. The number of hydrazone groups is 1. The van der Waals surface area contributed by atoms with Crippen LogP contribution in [0.3, 0.4) is 0 Å². The lowest BCUT2D eigenvalue weighted by atomic mass is 10.2. The number of nitrogens with one attached hydrogen (secondary N) is 3. The second-order valence-electron chi connectivity index (χ2n) is 4.49. The van der Waals surface area contributed by atoms with Crippen molar-refractivity contribution in [2.75, 3.05) is 5.43 Å². The Labute approximate surface area is 139 Å². The molecule has 0 atom stereocenters. The van der Waals surface area contributed by atoms with Gasteiger partial charge in [0.25, 0.3) is 0 Å². The Balaban J connectivity index is 1.98. The first-order chi connectivity index (χ1) is 10.9. The number of carbonyl (C=O) groups is 1. The molecule has 9 heteroatoms. The van der Waals surface area contributed by atoms with E-state index in [2.05, 4.69) is 28.5 Å². The average molecular weight is 351 g/mol. The van der Waals surface area contributed by atoms with Gasteiger partial charge in [-0.15, -0.1) is 0 Å². The zero-order chi connectivity index (χ0) is 16.9. The van der Waals surface area contributed by atoms with Crippen LogP contribution < -0.4 is 21.0 Å². The van der Waals surface area contributed by atoms with E-state index in [0.29, 0.717) is 11.3 Å². The molecule has 5 N–H and O–H groups in total. The normalized spacial score (nSPS) is 11.8. The summed E-state index contributed by atoms with van der Waals surface area (Å²) in [6.45, 7) is 0. The zero-order valence-electron chi connectivity index (χ0n) is 11.9. The van der Waals surface area contributed by atoms with Crippen LogP contribution in [-0.2, 0) is 10.0 Å². The van der Waals surface area contributed by atoms with Gasteiger partial charge in [0.15, 0.2) is 0 Å². The molecule has 2 aromatic rings. The van der Waals surface area contributed by atoms with E-state index in [0.717, 1.165) is 0 Å². The third-order valence-electron chi connectivity index (χ3n) is 2.78. The van der Waals surface area contributed by atoms with E-state index in [-0.39, 0.29) is 16.0 Å². The molecule has 23 heavy (non-hydrogen) atoms. The number of primary sulfonamides is 1. The highest BCUT2D eigenvalue weighted by molar-refractivity contribution is 7.96. The van der Waals surface area contributed by atoms with Crippen molar-refractivity contribution in [3.05, 3.63) is 60.2 Å². The van der Waals surface area contributed by atoms with Crippen molar-refractivity contribution in [2.24, 2.45) is 5.14 Å². The van der Waals surface area contributed by atoms with Crippen molar-refractivity contribution < 1.29 is 18.3 Å². The SMILES string of the molecule is NS(=O)(=O)c1ccc(N/[NH+]=C(\S)NC(=O)c2ccccc2)cc1. The van der Waals surface area contributed by atoms with Crippen LogP contribution in [0.1, 0.15) is 10.4 Å². The molecule has 120 valence electrons. The van der Waals surface area contributed by atoms with Gasteiger partial charge in [-0.1, -0.05) is 30.8 Å². The summed E-state index contributed by atoms with van der Waals surface area (Å²) in [5, 5.41) is 10.4. The summed E-state index contributed by atoms with van der Waals surface area (Å²) >= 11 is 4.11. The fraction of sp³-hybridized carbons (Fsp3) is 0. The van der Waals surface area contributed by atoms with Gasteiger partial charge in [0.05, 0.1) is 16.1 Å². The van der Waals surface area contributed by atoms with Crippen LogP contribution in [-0.4, -0.2) is 19.5 Å². The van der Waals surface area contributed by atoms with E-state index >= 15 is 0 Å². The summed E-state index contributed by atoms with van der Waals surface area (Å²) in [6, 6.07) is 14.4. The summed E-state index contributed by atoms with van der Waals surface area (Å²) < 4.78 is 22.3. The third kappa shape index (κ3) is 5.09. The summed E-state index contributed by atoms with van der Waals surface area (Å²) in [5.74, 6) is -0.311. The molecule has 0 bridgehead atoms. The number of amidine groups is 1. The molecule has 0 heterocycles. The van der Waals surface area contributed by atoms with Crippen LogP contribution in [0.25, 0.3) is 0 Å². The van der Waals surface area contributed by atoms with Crippen molar-refractivity contribution in [3.63, 3.8) is 0 Å². The largest absolute Gasteiger partial charge is 0.339 e. The lowest BCUT2D eigenvalue weighted by molar-refractivity contribution is -0.417. The molecule has 0 aromatic heterocycles. The first-order valence-electron chi connectivity index (χ1n) is 6.43.